The van der Waals surface area contributed by atoms with Gasteiger partial charge in [-0.1, -0.05) is 25.0 Å². The number of sulfone groups is 1. The molecule has 2 amide bonds. The molecule has 1 aliphatic heterocycles. The molecule has 7 heteroatoms. The first-order valence-corrected chi connectivity index (χ1v) is 11.2. The molecule has 6 nitrogen and oxygen atoms in total. The second kappa shape index (κ2) is 7.78. The van der Waals surface area contributed by atoms with Crippen molar-refractivity contribution in [1.82, 2.24) is 9.80 Å². The van der Waals surface area contributed by atoms with Crippen LogP contribution in [0.2, 0.25) is 0 Å². The van der Waals surface area contributed by atoms with Gasteiger partial charge in [0.2, 0.25) is 5.91 Å². The van der Waals surface area contributed by atoms with Crippen molar-refractivity contribution in [2.24, 2.45) is 5.92 Å². The topological polar surface area (TPSA) is 74.8 Å². The van der Waals surface area contributed by atoms with E-state index in [-0.39, 0.29) is 23.5 Å². The van der Waals surface area contributed by atoms with Crippen LogP contribution in [0, 0.1) is 5.92 Å². The Bertz CT molecular complexity index is 776. The van der Waals surface area contributed by atoms with Crippen LogP contribution in [0.3, 0.4) is 0 Å². The third-order valence-electron chi connectivity index (χ3n) is 5.19. The van der Waals surface area contributed by atoms with Crippen molar-refractivity contribution in [3.8, 4) is 0 Å². The van der Waals surface area contributed by atoms with Gasteiger partial charge < -0.3 is 9.80 Å². The zero-order valence-corrected chi connectivity index (χ0v) is 16.0. The molecule has 142 valence electrons. The summed E-state index contributed by atoms with van der Waals surface area (Å²) in [4.78, 5) is 28.9. The number of amides is 2. The van der Waals surface area contributed by atoms with Crippen molar-refractivity contribution in [3.05, 3.63) is 35.4 Å². The normalized spacial score (nSPS) is 19.0. The summed E-state index contributed by atoms with van der Waals surface area (Å²) in [5.41, 5.74) is 1.12. The highest BCUT2D eigenvalue weighted by atomic mass is 32.2. The molecule has 0 spiro atoms. The van der Waals surface area contributed by atoms with Crippen LogP contribution in [0.15, 0.2) is 24.3 Å². The fraction of sp³-hybridized carbons (Fsp3) is 0.579. The van der Waals surface area contributed by atoms with Crippen LogP contribution in [-0.2, 0) is 20.4 Å². The fourth-order valence-electron chi connectivity index (χ4n) is 3.84. The van der Waals surface area contributed by atoms with E-state index in [1.807, 2.05) is 4.90 Å². The number of piperazine rings is 1. The van der Waals surface area contributed by atoms with Crippen molar-refractivity contribution in [1.29, 1.82) is 0 Å². The Morgan fingerprint density at radius 2 is 1.65 bits per heavy atom. The van der Waals surface area contributed by atoms with E-state index in [9.17, 15) is 18.0 Å². The minimum atomic E-state index is -3.14. The van der Waals surface area contributed by atoms with Crippen molar-refractivity contribution >= 4 is 21.7 Å². The summed E-state index contributed by atoms with van der Waals surface area (Å²) in [7, 11) is -3.14. The zero-order valence-electron chi connectivity index (χ0n) is 15.2. The third-order valence-corrected chi connectivity index (χ3v) is 6.04. The molecule has 26 heavy (non-hydrogen) atoms. The molecular weight excluding hydrogens is 352 g/mol. The molecule has 1 heterocycles. The highest BCUT2D eigenvalue weighted by Crippen LogP contribution is 2.27. The molecule has 1 aromatic carbocycles. The van der Waals surface area contributed by atoms with Crippen LogP contribution in [0.5, 0.6) is 0 Å². The van der Waals surface area contributed by atoms with Crippen LogP contribution < -0.4 is 0 Å². The smallest absolute Gasteiger partial charge is 0.253 e. The molecule has 0 bridgehead atoms. The predicted molar refractivity (Wildman–Crippen MR) is 99.4 cm³/mol. The lowest BCUT2D eigenvalue weighted by atomic mass is 10.1. The van der Waals surface area contributed by atoms with E-state index in [0.29, 0.717) is 37.3 Å². The van der Waals surface area contributed by atoms with Gasteiger partial charge in [-0.2, -0.15) is 0 Å². The molecule has 0 unspecified atom stereocenters. The number of nitrogens with zero attached hydrogens (tertiary/aromatic N) is 2. The Balaban J connectivity index is 1.60. The summed E-state index contributed by atoms with van der Waals surface area (Å²) in [5.74, 6) is 0.237. The summed E-state index contributed by atoms with van der Waals surface area (Å²) in [5, 5.41) is 0. The van der Waals surface area contributed by atoms with Gasteiger partial charge in [0.05, 0.1) is 5.75 Å². The van der Waals surface area contributed by atoms with Crippen molar-refractivity contribution in [2.75, 3.05) is 32.4 Å². The molecule has 0 N–H and O–H groups in total. The van der Waals surface area contributed by atoms with Crippen molar-refractivity contribution in [2.45, 2.75) is 31.4 Å². The average molecular weight is 378 g/mol. The summed E-state index contributed by atoms with van der Waals surface area (Å²) in [6.45, 7) is 2.19. The second-order valence-corrected chi connectivity index (χ2v) is 9.51. The molecular formula is C19H26N2O4S. The number of benzene rings is 1. The Labute approximate surface area is 155 Å². The molecule has 0 radical (unpaired) electrons. The first kappa shape index (κ1) is 18.9. The van der Waals surface area contributed by atoms with Gasteiger partial charge in [-0.25, -0.2) is 8.42 Å². The van der Waals surface area contributed by atoms with Crippen molar-refractivity contribution < 1.29 is 18.0 Å². The summed E-state index contributed by atoms with van der Waals surface area (Å²) >= 11 is 0. The highest BCUT2D eigenvalue weighted by molar-refractivity contribution is 7.89. The van der Waals surface area contributed by atoms with Gasteiger partial charge >= 0.3 is 0 Å². The molecule has 0 aromatic heterocycles. The molecule has 2 aliphatic rings. The fourth-order valence-corrected chi connectivity index (χ4v) is 4.63. The summed E-state index contributed by atoms with van der Waals surface area (Å²) in [6.07, 6.45) is 5.44. The van der Waals surface area contributed by atoms with E-state index in [0.717, 1.165) is 25.7 Å². The molecule has 1 saturated carbocycles. The number of hydrogen-bond acceptors (Lipinski definition) is 4. The van der Waals surface area contributed by atoms with Crippen LogP contribution in [0.4, 0.5) is 0 Å². The van der Waals surface area contributed by atoms with E-state index in [1.54, 1.807) is 29.2 Å². The van der Waals surface area contributed by atoms with E-state index >= 15 is 0 Å². The molecule has 1 aromatic rings. The summed E-state index contributed by atoms with van der Waals surface area (Å²) < 4.78 is 22.9. The maximum absolute atomic E-state index is 12.7. The van der Waals surface area contributed by atoms with Crippen LogP contribution >= 0.6 is 0 Å². The van der Waals surface area contributed by atoms with E-state index in [1.165, 1.54) is 6.26 Å². The quantitative estimate of drug-likeness (QED) is 0.799. The first-order valence-electron chi connectivity index (χ1n) is 9.18. The predicted octanol–water partition coefficient (Wildman–Crippen LogP) is 1.71. The lowest BCUT2D eigenvalue weighted by Crippen LogP contribution is -2.51. The van der Waals surface area contributed by atoms with E-state index in [4.69, 9.17) is 0 Å². The lowest BCUT2D eigenvalue weighted by Gasteiger charge is -2.36. The van der Waals surface area contributed by atoms with Crippen molar-refractivity contribution in [3.63, 3.8) is 0 Å². The van der Waals surface area contributed by atoms with Crippen LogP contribution in [0.1, 0.15) is 41.6 Å². The maximum Gasteiger partial charge on any atom is 0.253 e. The second-order valence-electron chi connectivity index (χ2n) is 7.37. The summed E-state index contributed by atoms with van der Waals surface area (Å²) in [6, 6.07) is 6.80. The van der Waals surface area contributed by atoms with Gasteiger partial charge in [0.15, 0.2) is 9.84 Å². The van der Waals surface area contributed by atoms with E-state index < -0.39 is 9.84 Å². The Morgan fingerprint density at radius 1 is 1.04 bits per heavy atom. The van der Waals surface area contributed by atoms with Crippen LogP contribution in [0.25, 0.3) is 0 Å². The minimum Gasteiger partial charge on any atom is -0.339 e. The van der Waals surface area contributed by atoms with Gasteiger partial charge in [-0.05, 0) is 30.5 Å². The van der Waals surface area contributed by atoms with Crippen LogP contribution in [-0.4, -0.2) is 62.5 Å². The molecule has 3 rings (SSSR count). The Kier molecular flexibility index (Phi) is 5.65. The number of hydrogen-bond donors (Lipinski definition) is 0. The lowest BCUT2D eigenvalue weighted by molar-refractivity contribution is -0.136. The highest BCUT2D eigenvalue weighted by Gasteiger charge is 2.30. The third kappa shape index (κ3) is 4.63. The van der Waals surface area contributed by atoms with Gasteiger partial charge in [0, 0.05) is 43.9 Å². The Morgan fingerprint density at radius 3 is 2.27 bits per heavy atom. The Hall–Kier alpha value is -1.89. The maximum atomic E-state index is 12.7. The average Bonchev–Trinajstić information content (AvgIpc) is 3.14. The molecule has 2 fully saturated rings. The SMILES string of the molecule is CS(=O)(=O)Cc1cccc(C(=O)N2CCN(C(=O)C3CCCC3)CC2)c1. The van der Waals surface area contributed by atoms with Gasteiger partial charge in [0.1, 0.15) is 0 Å². The molecule has 1 aliphatic carbocycles. The minimum absolute atomic E-state index is 0.0716. The monoisotopic (exact) mass is 378 g/mol. The van der Waals surface area contributed by atoms with Gasteiger partial charge in [-0.15, -0.1) is 0 Å². The first-order chi connectivity index (χ1) is 12.3. The van der Waals surface area contributed by atoms with Gasteiger partial charge in [-0.3, -0.25) is 9.59 Å². The standard InChI is InChI=1S/C19H26N2O4S/c1-26(24,25)14-15-5-4-8-17(13-15)19(23)21-11-9-20(10-12-21)18(22)16-6-2-3-7-16/h4-5,8,13,16H,2-3,6-7,9-12,14H2,1H3. The largest absolute Gasteiger partial charge is 0.339 e. The van der Waals surface area contributed by atoms with E-state index in [2.05, 4.69) is 0 Å². The number of carbonyl (C=O) groups excluding carboxylic acids is 2. The molecule has 0 atom stereocenters. The zero-order chi connectivity index (χ0) is 18.7. The molecule has 1 saturated heterocycles. The number of carbonyl (C=O) groups is 2. The number of rotatable bonds is 4. The van der Waals surface area contributed by atoms with Gasteiger partial charge in [0.25, 0.3) is 5.91 Å².